The van der Waals surface area contributed by atoms with E-state index in [9.17, 15) is 4.79 Å². The van der Waals surface area contributed by atoms with Crippen LogP contribution in [0.2, 0.25) is 0 Å². The number of fused-ring (bicyclic) bond motifs is 1. The Morgan fingerprint density at radius 2 is 1.87 bits per heavy atom. The van der Waals surface area contributed by atoms with Gasteiger partial charge in [-0.2, -0.15) is 0 Å². The van der Waals surface area contributed by atoms with Crippen LogP contribution >= 0.6 is 27.7 Å². The number of halogens is 1. The van der Waals surface area contributed by atoms with Crippen LogP contribution in [0.25, 0.3) is 11.4 Å². The van der Waals surface area contributed by atoms with Gasteiger partial charge in [-0.3, -0.25) is 4.79 Å². The first-order chi connectivity index (χ1) is 14.4. The topological polar surface area (TPSA) is 64.1 Å². The standard InChI is InChI=1S/C23H22BrN3O2S/c1-23(2)12-19-18(13-29-23)22(27-21(26-19)15-6-4-3-5-7-15)30-14-20(28)25-17-10-8-16(24)9-11-17/h3-11H,12-14H2,1-2H3,(H,25,28). The van der Waals surface area contributed by atoms with E-state index < -0.39 is 0 Å². The highest BCUT2D eigenvalue weighted by Gasteiger charge is 2.30. The third-order valence-corrected chi connectivity index (χ3v) is 6.30. The summed E-state index contributed by atoms with van der Waals surface area (Å²) < 4.78 is 6.96. The maximum Gasteiger partial charge on any atom is 0.234 e. The molecule has 5 nitrogen and oxygen atoms in total. The molecule has 0 saturated heterocycles. The van der Waals surface area contributed by atoms with Gasteiger partial charge in [-0.1, -0.05) is 58.0 Å². The number of carbonyl (C=O) groups excluding carboxylic acids is 1. The fraction of sp³-hybridized carbons (Fsp3) is 0.261. The molecule has 0 spiro atoms. The summed E-state index contributed by atoms with van der Waals surface area (Å²) in [6.07, 6.45) is 0.712. The number of ether oxygens (including phenoxy) is 1. The molecule has 2 heterocycles. The van der Waals surface area contributed by atoms with Crippen LogP contribution < -0.4 is 5.32 Å². The molecule has 7 heteroatoms. The van der Waals surface area contributed by atoms with E-state index in [0.29, 0.717) is 18.9 Å². The molecule has 0 bridgehead atoms. The lowest BCUT2D eigenvalue weighted by Gasteiger charge is -2.32. The number of thioether (sulfide) groups is 1. The number of nitrogens with zero attached hydrogens (tertiary/aromatic N) is 2. The molecule has 0 saturated carbocycles. The molecule has 4 rings (SSSR count). The monoisotopic (exact) mass is 483 g/mol. The molecule has 1 aliphatic heterocycles. The molecule has 2 aromatic carbocycles. The second kappa shape index (κ2) is 8.88. The van der Waals surface area contributed by atoms with Crippen molar-refractivity contribution in [3.05, 3.63) is 70.3 Å². The van der Waals surface area contributed by atoms with Gasteiger partial charge in [0.05, 0.1) is 23.7 Å². The number of anilines is 1. The van der Waals surface area contributed by atoms with E-state index in [0.717, 1.165) is 32.0 Å². The number of carbonyl (C=O) groups is 1. The molecule has 1 aromatic heterocycles. The quantitative estimate of drug-likeness (QED) is 0.384. The van der Waals surface area contributed by atoms with Crippen molar-refractivity contribution in [1.82, 2.24) is 9.97 Å². The van der Waals surface area contributed by atoms with Crippen molar-refractivity contribution in [3.63, 3.8) is 0 Å². The van der Waals surface area contributed by atoms with Crippen molar-refractivity contribution in [2.75, 3.05) is 11.1 Å². The largest absolute Gasteiger partial charge is 0.370 e. The lowest BCUT2D eigenvalue weighted by Crippen LogP contribution is -2.33. The van der Waals surface area contributed by atoms with Gasteiger partial charge in [-0.25, -0.2) is 9.97 Å². The lowest BCUT2D eigenvalue weighted by atomic mass is 9.96. The second-order valence-electron chi connectivity index (χ2n) is 7.71. The predicted octanol–water partition coefficient (Wildman–Crippen LogP) is 5.49. The number of hydrogen-bond acceptors (Lipinski definition) is 5. The van der Waals surface area contributed by atoms with Gasteiger partial charge >= 0.3 is 0 Å². The van der Waals surface area contributed by atoms with E-state index in [2.05, 4.69) is 35.1 Å². The smallest absolute Gasteiger partial charge is 0.234 e. The van der Waals surface area contributed by atoms with E-state index in [1.54, 1.807) is 0 Å². The molecule has 3 aromatic rings. The van der Waals surface area contributed by atoms with Gasteiger partial charge in [-0.15, -0.1) is 0 Å². The van der Waals surface area contributed by atoms with Crippen LogP contribution in [0.15, 0.2) is 64.1 Å². The van der Waals surface area contributed by atoms with Crippen LogP contribution in [0, 0.1) is 0 Å². The SMILES string of the molecule is CC1(C)Cc2nc(-c3ccccc3)nc(SCC(=O)Nc3ccc(Br)cc3)c2CO1. The molecule has 0 aliphatic carbocycles. The van der Waals surface area contributed by atoms with Crippen molar-refractivity contribution in [1.29, 1.82) is 0 Å². The first-order valence-electron chi connectivity index (χ1n) is 9.67. The maximum atomic E-state index is 12.5. The zero-order chi connectivity index (χ0) is 21.1. The Morgan fingerprint density at radius 3 is 2.60 bits per heavy atom. The van der Waals surface area contributed by atoms with Crippen molar-refractivity contribution < 1.29 is 9.53 Å². The minimum Gasteiger partial charge on any atom is -0.370 e. The zero-order valence-corrected chi connectivity index (χ0v) is 19.2. The Balaban J connectivity index is 1.57. The number of nitrogens with one attached hydrogen (secondary N) is 1. The molecule has 0 unspecified atom stereocenters. The summed E-state index contributed by atoms with van der Waals surface area (Å²) in [7, 11) is 0. The summed E-state index contributed by atoms with van der Waals surface area (Å²) in [6, 6.07) is 17.4. The molecule has 1 N–H and O–H groups in total. The first kappa shape index (κ1) is 21.0. The van der Waals surface area contributed by atoms with E-state index in [1.165, 1.54) is 11.8 Å². The van der Waals surface area contributed by atoms with Crippen LogP contribution in [-0.4, -0.2) is 27.2 Å². The minimum atomic E-state index is -0.268. The highest BCUT2D eigenvalue weighted by molar-refractivity contribution is 9.10. The van der Waals surface area contributed by atoms with Gasteiger partial charge in [0.25, 0.3) is 0 Å². The van der Waals surface area contributed by atoms with Crippen molar-refractivity contribution in [2.24, 2.45) is 0 Å². The Morgan fingerprint density at radius 1 is 1.13 bits per heavy atom. The third kappa shape index (κ3) is 5.09. The molecule has 0 fully saturated rings. The molecule has 1 amide bonds. The summed E-state index contributed by atoms with van der Waals surface area (Å²) >= 11 is 4.82. The average Bonchev–Trinajstić information content (AvgIpc) is 2.73. The van der Waals surface area contributed by atoms with Crippen molar-refractivity contribution >= 4 is 39.3 Å². The summed E-state index contributed by atoms with van der Waals surface area (Å²) in [5, 5.41) is 3.73. The molecule has 1 aliphatic rings. The normalized spacial score (nSPS) is 14.8. The van der Waals surface area contributed by atoms with Crippen molar-refractivity contribution in [2.45, 2.75) is 37.5 Å². The minimum absolute atomic E-state index is 0.0759. The molecule has 0 atom stereocenters. The zero-order valence-electron chi connectivity index (χ0n) is 16.8. The van der Waals surface area contributed by atoms with Crippen LogP contribution in [0.1, 0.15) is 25.1 Å². The fourth-order valence-electron chi connectivity index (χ4n) is 3.22. The lowest BCUT2D eigenvalue weighted by molar-refractivity contribution is -0.113. The fourth-order valence-corrected chi connectivity index (χ4v) is 4.33. The summed E-state index contributed by atoms with van der Waals surface area (Å²) in [4.78, 5) is 22.1. The third-order valence-electron chi connectivity index (χ3n) is 4.76. The highest BCUT2D eigenvalue weighted by atomic mass is 79.9. The molecular weight excluding hydrogens is 462 g/mol. The van der Waals surface area contributed by atoms with Crippen LogP contribution in [0.4, 0.5) is 5.69 Å². The van der Waals surface area contributed by atoms with Gasteiger partial charge in [-0.05, 0) is 38.1 Å². The summed E-state index contributed by atoms with van der Waals surface area (Å²) in [6.45, 7) is 4.59. The number of aromatic nitrogens is 2. The van der Waals surface area contributed by atoms with Crippen LogP contribution in [0.3, 0.4) is 0 Å². The average molecular weight is 484 g/mol. The second-order valence-corrected chi connectivity index (χ2v) is 9.59. The van der Waals surface area contributed by atoms with Gasteiger partial charge in [0.2, 0.25) is 5.91 Å². The Hall–Kier alpha value is -2.22. The molecule has 30 heavy (non-hydrogen) atoms. The van der Waals surface area contributed by atoms with Crippen molar-refractivity contribution in [3.8, 4) is 11.4 Å². The highest BCUT2D eigenvalue weighted by Crippen LogP contribution is 2.34. The van der Waals surface area contributed by atoms with Crippen LogP contribution in [-0.2, 0) is 22.6 Å². The van der Waals surface area contributed by atoms with Gasteiger partial charge in [0.15, 0.2) is 5.82 Å². The summed E-state index contributed by atoms with van der Waals surface area (Å²) in [5.41, 5.74) is 3.44. The number of hydrogen-bond donors (Lipinski definition) is 1. The maximum absolute atomic E-state index is 12.5. The Kier molecular flexibility index (Phi) is 6.22. The van der Waals surface area contributed by atoms with E-state index in [1.807, 2.05) is 54.6 Å². The van der Waals surface area contributed by atoms with E-state index in [-0.39, 0.29) is 17.3 Å². The van der Waals surface area contributed by atoms with Gasteiger partial charge in [0, 0.05) is 27.7 Å². The van der Waals surface area contributed by atoms with Crippen LogP contribution in [0.5, 0.6) is 0 Å². The number of rotatable bonds is 5. The van der Waals surface area contributed by atoms with E-state index >= 15 is 0 Å². The molecule has 0 radical (unpaired) electrons. The molecule has 154 valence electrons. The Labute approximate surface area is 188 Å². The number of amides is 1. The predicted molar refractivity (Wildman–Crippen MR) is 124 cm³/mol. The van der Waals surface area contributed by atoms with Gasteiger partial charge in [0.1, 0.15) is 5.03 Å². The Bertz CT molecular complexity index is 1060. The summed E-state index contributed by atoms with van der Waals surface area (Å²) in [5.74, 6) is 0.868. The first-order valence-corrected chi connectivity index (χ1v) is 11.4. The number of benzene rings is 2. The molecular formula is C23H22BrN3O2S. The van der Waals surface area contributed by atoms with Gasteiger partial charge < -0.3 is 10.1 Å². The van der Waals surface area contributed by atoms with E-state index in [4.69, 9.17) is 14.7 Å².